The molecule has 124 heavy (non-hydrogen) atoms. The van der Waals surface area contributed by atoms with Crippen molar-refractivity contribution in [3.8, 4) is 0 Å². The van der Waals surface area contributed by atoms with E-state index in [0.29, 0.717) is 70.1 Å². The van der Waals surface area contributed by atoms with Gasteiger partial charge in [0.05, 0.1) is 6.54 Å². The van der Waals surface area contributed by atoms with Crippen molar-refractivity contribution < 1.29 is 47.9 Å². The maximum atomic E-state index is 12.7. The van der Waals surface area contributed by atoms with Gasteiger partial charge in [0.2, 0.25) is 41.4 Å². The van der Waals surface area contributed by atoms with Gasteiger partial charge in [-0.1, -0.05) is 168 Å². The van der Waals surface area contributed by atoms with E-state index in [1.807, 2.05) is 48.6 Å². The molecule has 692 valence electrons. The lowest BCUT2D eigenvalue weighted by molar-refractivity contribution is -0.146. The number of piperazine rings is 1. The molecule has 0 spiro atoms. The Morgan fingerprint density at radius 2 is 0.629 bits per heavy atom. The molecule has 0 aromatic heterocycles. The number of hydrogen-bond donors (Lipinski definition) is 1. The van der Waals surface area contributed by atoms with Crippen LogP contribution in [0.3, 0.4) is 0 Å². The van der Waals surface area contributed by atoms with Crippen molar-refractivity contribution in [1.82, 2.24) is 44.5 Å². The Labute approximate surface area is 750 Å². The van der Waals surface area contributed by atoms with Crippen molar-refractivity contribution >= 4 is 53.4 Å². The Morgan fingerprint density at radius 1 is 0.355 bits per heavy atom. The van der Waals surface area contributed by atoms with Crippen LogP contribution in [0, 0.1) is 50.2 Å². The van der Waals surface area contributed by atoms with Gasteiger partial charge in [0.25, 0.3) is 0 Å². The third kappa shape index (κ3) is 30.7. The van der Waals surface area contributed by atoms with E-state index in [2.05, 4.69) is 169 Å². The average Bonchev–Trinajstić information content (AvgIpc) is 1.30. The van der Waals surface area contributed by atoms with Gasteiger partial charge in [-0.05, 0) is 266 Å². The Hall–Kier alpha value is -7.83. The molecule has 9 amide bonds. The lowest BCUT2D eigenvalue weighted by Crippen LogP contribution is -2.53. The molecule has 0 bridgehead atoms. The Kier molecular flexibility index (Phi) is 38.5. The molecule has 19 heteroatoms. The van der Waals surface area contributed by atoms with Crippen molar-refractivity contribution in [3.05, 3.63) is 128 Å². The van der Waals surface area contributed by atoms with Crippen LogP contribution in [0.4, 0.5) is 4.79 Å². The van der Waals surface area contributed by atoms with Crippen LogP contribution < -0.4 is 5.32 Å². The van der Waals surface area contributed by atoms with Crippen LogP contribution in [0.25, 0.3) is 0 Å². The Morgan fingerprint density at radius 3 is 0.903 bits per heavy atom. The number of nitrogens with zero attached hydrogens (tertiary/aromatic N) is 8. The minimum Gasteiger partial charge on any atom is -0.461 e. The molecule has 5 atom stereocenters. The summed E-state index contributed by atoms with van der Waals surface area (Å²) in [5, 5.41) is 2.89. The number of likely N-dealkylation sites (N-methyl/N-ethyl adjacent to an activating group) is 1. The van der Waals surface area contributed by atoms with Crippen LogP contribution in [-0.4, -0.2) is 210 Å². The van der Waals surface area contributed by atoms with E-state index in [9.17, 15) is 43.2 Å². The van der Waals surface area contributed by atoms with Gasteiger partial charge >= 0.3 is 12.0 Å². The van der Waals surface area contributed by atoms with E-state index in [1.54, 1.807) is 47.1 Å². The predicted octanol–water partition coefficient (Wildman–Crippen LogP) is 20.6. The smallest absolute Gasteiger partial charge is 0.320 e. The number of likely N-dealkylation sites (tertiary alicyclic amines) is 5. The zero-order valence-electron chi connectivity index (χ0n) is 82.2. The summed E-state index contributed by atoms with van der Waals surface area (Å²) in [6, 6.07) is 0.178. The summed E-state index contributed by atoms with van der Waals surface area (Å²) >= 11 is 0. The first-order valence-electron chi connectivity index (χ1n) is 47.8. The minimum absolute atomic E-state index is 0.0105. The van der Waals surface area contributed by atoms with Crippen molar-refractivity contribution in [2.45, 2.75) is 326 Å². The average molecular weight is 1720 g/mol. The second-order valence-electron chi connectivity index (χ2n) is 42.8. The van der Waals surface area contributed by atoms with Crippen LogP contribution in [-0.2, 0) is 43.1 Å². The highest BCUT2D eigenvalue weighted by Gasteiger charge is 2.37. The fourth-order valence-electron chi connectivity index (χ4n) is 21.2. The first-order chi connectivity index (χ1) is 58.0. The lowest BCUT2D eigenvalue weighted by atomic mass is 9.72. The standard InChI is InChI=1S/C18H31N3O2.C18H28N2O2.C18H27NO3.3C17H27NO/c1-14-7-6-8-18(3,4)16(14)13-19(5)17(23)21-11-9-20(10-12-21)15(2)22;1-13-6-5-10-18(3,4)16(13)7-8-17(22)20-11-9-15(12-20)19-14(2)21;1-13-6-5-10-18(3,4)16(13)7-8-17(21)19-11-9-15(12-19)22-14(2)20;3*1-13-9-11-18(12-13)16(19)8-7-15-14(2)6-5-10-17(15,3)4/h6-13H2,1-5H3;7-8,15H,5-6,9-12H2,1-4H3,(H,19,21);7-8,15H,5-6,9-12H2,1-4H3;3*7-8,13H,5-6,9-12H2,1-4H3/b;5*8-7+/t;2*15-;3*13-/m.01110/s1. The van der Waals surface area contributed by atoms with Gasteiger partial charge in [-0.25, -0.2) is 4.79 Å². The molecule has 0 unspecified atom stereocenters. The summed E-state index contributed by atoms with van der Waals surface area (Å²) in [7, 11) is 1.89. The van der Waals surface area contributed by atoms with E-state index in [1.165, 1.54) is 171 Å². The molecule has 12 aliphatic rings. The summed E-state index contributed by atoms with van der Waals surface area (Å²) in [5.74, 6) is 2.38. The molecule has 6 aliphatic carbocycles. The summed E-state index contributed by atoms with van der Waals surface area (Å²) in [4.78, 5) is 122. The molecule has 6 saturated heterocycles. The van der Waals surface area contributed by atoms with Crippen LogP contribution in [0.5, 0.6) is 0 Å². The number of ether oxygens (including phenoxy) is 1. The second kappa shape index (κ2) is 46.2. The first-order valence-corrected chi connectivity index (χ1v) is 47.8. The molecule has 19 nitrogen and oxygen atoms in total. The number of hydrogen-bond acceptors (Lipinski definition) is 10. The van der Waals surface area contributed by atoms with Crippen molar-refractivity contribution in [2.75, 3.05) is 105 Å². The molecule has 6 heterocycles. The zero-order valence-corrected chi connectivity index (χ0v) is 82.2. The number of nitrogens with one attached hydrogen (secondary N) is 1. The van der Waals surface area contributed by atoms with Crippen molar-refractivity contribution in [3.63, 3.8) is 0 Å². The maximum absolute atomic E-state index is 12.7. The largest absolute Gasteiger partial charge is 0.461 e. The molecular weight excluding hydrogens is 1550 g/mol. The predicted molar refractivity (Wildman–Crippen MR) is 506 cm³/mol. The normalized spacial score (nSPS) is 25.4. The van der Waals surface area contributed by atoms with E-state index in [-0.39, 0.29) is 98.0 Å². The number of amides is 9. The number of esters is 1. The number of carbonyl (C=O) groups excluding carboxylic acids is 9. The van der Waals surface area contributed by atoms with E-state index >= 15 is 0 Å². The van der Waals surface area contributed by atoms with Crippen molar-refractivity contribution in [1.29, 1.82) is 0 Å². The maximum Gasteiger partial charge on any atom is 0.320 e. The minimum atomic E-state index is -0.278. The molecule has 0 radical (unpaired) electrons. The van der Waals surface area contributed by atoms with Gasteiger partial charge in [-0.15, -0.1) is 0 Å². The highest BCUT2D eigenvalue weighted by molar-refractivity contribution is 5.91. The third-order valence-electron chi connectivity index (χ3n) is 29.0. The highest BCUT2D eigenvalue weighted by atomic mass is 16.5. The van der Waals surface area contributed by atoms with Gasteiger partial charge < -0.3 is 49.3 Å². The number of rotatable bonds is 14. The molecule has 6 fully saturated rings. The fraction of sp³-hybridized carbons (Fsp3) is 0.705. The van der Waals surface area contributed by atoms with E-state index in [0.717, 1.165) is 104 Å². The van der Waals surface area contributed by atoms with Crippen LogP contribution in [0.2, 0.25) is 0 Å². The number of urea groups is 1. The number of carbonyl (C=O) groups is 9. The van der Waals surface area contributed by atoms with Gasteiger partial charge in [-0.3, -0.25) is 38.4 Å². The summed E-state index contributed by atoms with van der Waals surface area (Å²) in [6.45, 7) is 62.9. The topological polar surface area (TPSA) is 201 Å². The van der Waals surface area contributed by atoms with Crippen LogP contribution in [0.15, 0.2) is 128 Å². The lowest BCUT2D eigenvalue weighted by Gasteiger charge is -2.39. The molecule has 1 N–H and O–H groups in total. The van der Waals surface area contributed by atoms with Gasteiger partial charge in [0.1, 0.15) is 6.10 Å². The van der Waals surface area contributed by atoms with Crippen LogP contribution in [0.1, 0.15) is 314 Å². The van der Waals surface area contributed by atoms with Gasteiger partial charge in [0.15, 0.2) is 0 Å². The monoisotopic (exact) mass is 1710 g/mol. The molecule has 0 aromatic carbocycles. The molecule has 0 aromatic rings. The van der Waals surface area contributed by atoms with E-state index in [4.69, 9.17) is 4.74 Å². The number of allylic oxidation sites excluding steroid dienone is 16. The molecular formula is C105H167N9O10. The Balaban J connectivity index is 0.000000205. The SMILES string of the molecule is CC(=O)N1CCN(C(=O)N(C)CC2=C(C)CCCC2(C)C)CC1.CC(=O)N[C@H]1CCN(C(=O)/C=C/C2=C(C)CCCC2(C)C)C1.CC(=O)O[C@@H]1CCN(C(=O)/C=C/C2=C(C)CCCC2(C)C)C1.CC1=C(/C=C/C(=O)N2CC[C@@H](C)C2)C(C)(C)CCC1.CC1=C(/C=C/C(=O)N2CC[C@@H](C)C2)C(C)(C)CCC1.CC1=C(/C=C/C(=O)N2CC[C@H](C)C2)C(C)(C)CCC1. The molecule has 0 saturated carbocycles. The summed E-state index contributed by atoms with van der Waals surface area (Å²) < 4.78 is 5.17. The second-order valence-corrected chi connectivity index (χ2v) is 42.8. The van der Waals surface area contributed by atoms with Gasteiger partial charge in [0, 0.05) is 162 Å². The van der Waals surface area contributed by atoms with E-state index < -0.39 is 0 Å². The Bertz CT molecular complexity index is 3850. The summed E-state index contributed by atoms with van der Waals surface area (Å²) in [5.41, 5.74) is 17.9. The first kappa shape index (κ1) is 103. The fourth-order valence-corrected chi connectivity index (χ4v) is 21.2. The van der Waals surface area contributed by atoms with Gasteiger partial charge in [-0.2, -0.15) is 0 Å². The summed E-state index contributed by atoms with van der Waals surface area (Å²) in [6.07, 6.45) is 45.5. The third-order valence-corrected chi connectivity index (χ3v) is 29.0. The molecule has 12 rings (SSSR count). The quantitative estimate of drug-likeness (QED) is 0.0991. The molecule has 6 aliphatic heterocycles. The zero-order chi connectivity index (χ0) is 92.0. The highest BCUT2D eigenvalue weighted by Crippen LogP contribution is 2.46. The van der Waals surface area contributed by atoms with Crippen LogP contribution >= 0.6 is 0 Å². The van der Waals surface area contributed by atoms with Crippen molar-refractivity contribution in [2.24, 2.45) is 50.2 Å².